The van der Waals surface area contributed by atoms with Crippen molar-refractivity contribution in [2.24, 2.45) is 21.6 Å². The van der Waals surface area contributed by atoms with E-state index in [2.05, 4.69) is 22.4 Å². The molecular formula is C18H17N5O2. The smallest absolute Gasteiger partial charge is 0.296 e. The molecule has 1 aromatic carbocycles. The van der Waals surface area contributed by atoms with Crippen LogP contribution in [-0.4, -0.2) is 25.0 Å². The number of ether oxygens (including phenoxy) is 2. The third-order valence-corrected chi connectivity index (χ3v) is 5.19. The number of benzene rings is 1. The Balaban J connectivity index is 2.03. The lowest BCUT2D eigenvalue weighted by molar-refractivity contribution is -0.208. The predicted molar refractivity (Wildman–Crippen MR) is 88.4 cm³/mol. The van der Waals surface area contributed by atoms with Crippen molar-refractivity contribution < 1.29 is 9.47 Å². The number of nitrogens with zero attached hydrogens (tertiary/aromatic N) is 3. The number of aliphatic imine (C=N–C) groups is 1. The van der Waals surface area contributed by atoms with Crippen molar-refractivity contribution in [3.63, 3.8) is 0 Å². The van der Waals surface area contributed by atoms with Crippen molar-refractivity contribution in [1.29, 1.82) is 10.5 Å². The van der Waals surface area contributed by atoms with Crippen LogP contribution in [0.1, 0.15) is 18.5 Å². The Morgan fingerprint density at radius 3 is 2.48 bits per heavy atom. The van der Waals surface area contributed by atoms with Crippen LogP contribution in [0.5, 0.6) is 0 Å². The third-order valence-electron chi connectivity index (χ3n) is 5.19. The molecule has 0 aromatic heterocycles. The van der Waals surface area contributed by atoms with Crippen LogP contribution in [0.2, 0.25) is 0 Å². The Kier molecular flexibility index (Phi) is 3.17. The van der Waals surface area contributed by atoms with Crippen molar-refractivity contribution in [2.45, 2.75) is 18.9 Å². The highest BCUT2D eigenvalue weighted by Gasteiger charge is 2.77. The van der Waals surface area contributed by atoms with E-state index in [1.54, 1.807) is 6.08 Å². The fraction of sp³-hybridized carbons (Fsp3) is 0.389. The van der Waals surface area contributed by atoms with Gasteiger partial charge in [-0.3, -0.25) is 0 Å². The molecule has 3 aliphatic heterocycles. The van der Waals surface area contributed by atoms with E-state index in [0.29, 0.717) is 0 Å². The maximum atomic E-state index is 10.2. The monoisotopic (exact) mass is 335 g/mol. The molecule has 3 atom stereocenters. The van der Waals surface area contributed by atoms with Crippen molar-refractivity contribution >= 4 is 5.84 Å². The zero-order chi connectivity index (χ0) is 17.7. The minimum absolute atomic E-state index is 0.0450. The molecule has 3 unspecified atom stereocenters. The number of hydrogen-bond donors (Lipinski definition) is 2. The first-order valence-electron chi connectivity index (χ1n) is 8.02. The van der Waals surface area contributed by atoms with Crippen molar-refractivity contribution in [3.8, 4) is 12.1 Å². The summed E-state index contributed by atoms with van der Waals surface area (Å²) in [5.41, 5.74) is 4.92. The number of fused-ring (bicyclic) bond motifs is 2. The maximum absolute atomic E-state index is 10.2. The van der Waals surface area contributed by atoms with E-state index < -0.39 is 22.8 Å². The van der Waals surface area contributed by atoms with Gasteiger partial charge >= 0.3 is 0 Å². The van der Waals surface area contributed by atoms with Crippen molar-refractivity contribution in [3.05, 3.63) is 47.7 Å². The molecule has 0 amide bonds. The molecule has 1 aromatic rings. The Hall–Kier alpha value is -2.87. The Morgan fingerprint density at radius 2 is 1.88 bits per heavy atom. The van der Waals surface area contributed by atoms with Gasteiger partial charge in [0.1, 0.15) is 5.84 Å². The first kappa shape index (κ1) is 15.6. The topological polar surface area (TPSA) is 116 Å². The molecule has 3 aliphatic rings. The molecule has 7 nitrogen and oxygen atoms in total. The van der Waals surface area contributed by atoms with Gasteiger partial charge in [-0.15, -0.1) is 0 Å². The first-order chi connectivity index (χ1) is 12.1. The number of nitrogens with one attached hydrogen (secondary N) is 1. The van der Waals surface area contributed by atoms with Crippen molar-refractivity contribution in [1.82, 2.24) is 5.32 Å². The molecule has 1 saturated heterocycles. The Labute approximate surface area is 145 Å². The molecule has 0 saturated carbocycles. The number of allylic oxidation sites excluding steroid dienone is 1. The molecule has 1 fully saturated rings. The average molecular weight is 335 g/mol. The molecule has 126 valence electrons. The SMILES string of the molecule is CC1=CC2(C#N)C3(N=C(N)C2(C#N)C(c2ccccc2)N1)OCCO3. The molecule has 0 radical (unpaired) electrons. The zero-order valence-electron chi connectivity index (χ0n) is 13.7. The number of nitriles is 2. The lowest BCUT2D eigenvalue weighted by Gasteiger charge is -2.47. The molecular weight excluding hydrogens is 318 g/mol. The van der Waals surface area contributed by atoms with Gasteiger partial charge in [0.25, 0.3) is 5.91 Å². The second kappa shape index (κ2) is 5.06. The molecule has 3 N–H and O–H groups in total. The van der Waals surface area contributed by atoms with E-state index in [0.717, 1.165) is 11.3 Å². The molecule has 4 rings (SSSR count). The van der Waals surface area contributed by atoms with Gasteiger partial charge in [-0.1, -0.05) is 30.3 Å². The summed E-state index contributed by atoms with van der Waals surface area (Å²) in [7, 11) is 0. The zero-order valence-corrected chi connectivity index (χ0v) is 13.7. The van der Waals surface area contributed by atoms with Crippen LogP contribution < -0.4 is 11.1 Å². The fourth-order valence-electron chi connectivity index (χ4n) is 4.14. The summed E-state index contributed by atoms with van der Waals surface area (Å²) in [5, 5.41) is 23.8. The summed E-state index contributed by atoms with van der Waals surface area (Å²) >= 11 is 0. The quantitative estimate of drug-likeness (QED) is 0.799. The lowest BCUT2D eigenvalue weighted by atomic mass is 9.57. The number of rotatable bonds is 1. The molecule has 25 heavy (non-hydrogen) atoms. The molecule has 0 aliphatic carbocycles. The van der Waals surface area contributed by atoms with Gasteiger partial charge < -0.3 is 20.5 Å². The van der Waals surface area contributed by atoms with Gasteiger partial charge in [0, 0.05) is 5.70 Å². The molecule has 7 heteroatoms. The van der Waals surface area contributed by atoms with E-state index in [1.165, 1.54) is 0 Å². The van der Waals surface area contributed by atoms with Crippen LogP contribution in [-0.2, 0) is 9.47 Å². The Morgan fingerprint density at radius 1 is 1.20 bits per heavy atom. The van der Waals surface area contributed by atoms with Crippen LogP contribution in [0.25, 0.3) is 0 Å². The van der Waals surface area contributed by atoms with Crippen LogP contribution in [0.3, 0.4) is 0 Å². The Bertz CT molecular complexity index is 860. The fourth-order valence-corrected chi connectivity index (χ4v) is 4.14. The van der Waals surface area contributed by atoms with Crippen LogP contribution in [0.4, 0.5) is 0 Å². The second-order valence-corrected chi connectivity index (χ2v) is 6.43. The van der Waals surface area contributed by atoms with E-state index in [4.69, 9.17) is 15.2 Å². The van der Waals surface area contributed by atoms with E-state index in [1.807, 2.05) is 37.3 Å². The summed E-state index contributed by atoms with van der Waals surface area (Å²) in [6.45, 7) is 2.42. The van der Waals surface area contributed by atoms with E-state index in [-0.39, 0.29) is 19.0 Å². The van der Waals surface area contributed by atoms with Crippen molar-refractivity contribution in [2.75, 3.05) is 13.2 Å². The molecule has 0 bridgehead atoms. The highest BCUT2D eigenvalue weighted by atomic mass is 16.8. The average Bonchev–Trinajstić information content (AvgIpc) is 3.18. The number of hydrogen-bond acceptors (Lipinski definition) is 7. The first-order valence-corrected chi connectivity index (χ1v) is 8.02. The third kappa shape index (κ3) is 1.67. The lowest BCUT2D eigenvalue weighted by Crippen LogP contribution is -2.61. The molecule has 1 spiro atoms. The normalized spacial score (nSPS) is 35.1. The number of amidine groups is 1. The summed E-state index contributed by atoms with van der Waals surface area (Å²) in [6, 6.07) is 13.5. The predicted octanol–water partition coefficient (Wildman–Crippen LogP) is 1.33. The van der Waals surface area contributed by atoms with Crippen LogP contribution in [0, 0.1) is 33.5 Å². The molecule has 3 heterocycles. The van der Waals surface area contributed by atoms with E-state index >= 15 is 0 Å². The van der Waals surface area contributed by atoms with E-state index in [9.17, 15) is 10.5 Å². The summed E-state index contributed by atoms with van der Waals surface area (Å²) < 4.78 is 11.5. The highest BCUT2D eigenvalue weighted by molar-refractivity contribution is 5.95. The summed E-state index contributed by atoms with van der Waals surface area (Å²) in [5.74, 6) is -1.54. The standard InChI is InChI=1S/C18H17N5O2/c1-12-9-16(10-19)17(11-20,14(22-12)13-5-3-2-4-6-13)15(21)23-18(16)24-7-8-25-18/h2-6,9,14,22H,7-8H2,1H3,(H2,21,23). The van der Waals surface area contributed by atoms with Gasteiger partial charge in [-0.25, -0.2) is 4.99 Å². The van der Waals surface area contributed by atoms with Gasteiger partial charge in [0.15, 0.2) is 10.8 Å². The van der Waals surface area contributed by atoms with Gasteiger partial charge in [-0.2, -0.15) is 10.5 Å². The van der Waals surface area contributed by atoms with Crippen LogP contribution >= 0.6 is 0 Å². The largest absolute Gasteiger partial charge is 0.386 e. The summed E-state index contributed by atoms with van der Waals surface area (Å²) in [6.07, 6.45) is 1.67. The summed E-state index contributed by atoms with van der Waals surface area (Å²) in [4.78, 5) is 4.38. The number of nitrogens with two attached hydrogens (primary N) is 1. The van der Waals surface area contributed by atoms with Gasteiger partial charge in [-0.05, 0) is 18.6 Å². The minimum atomic E-state index is -1.59. The maximum Gasteiger partial charge on any atom is 0.296 e. The second-order valence-electron chi connectivity index (χ2n) is 6.43. The van der Waals surface area contributed by atoms with Gasteiger partial charge in [0.05, 0.1) is 31.4 Å². The van der Waals surface area contributed by atoms with Crippen LogP contribution in [0.15, 0.2) is 47.1 Å². The minimum Gasteiger partial charge on any atom is -0.386 e. The highest BCUT2D eigenvalue weighted by Crippen LogP contribution is 2.63. The van der Waals surface area contributed by atoms with Gasteiger partial charge in [0.2, 0.25) is 0 Å².